The summed E-state index contributed by atoms with van der Waals surface area (Å²) in [5, 5.41) is 10.5. The van der Waals surface area contributed by atoms with E-state index in [4.69, 9.17) is 19.9 Å². The molecule has 2 N–H and O–H groups in total. The summed E-state index contributed by atoms with van der Waals surface area (Å²) in [6.07, 6.45) is -3.50. The van der Waals surface area contributed by atoms with Crippen LogP contribution in [0.25, 0.3) is 11.0 Å². The molecule has 1 aliphatic rings. The highest BCUT2D eigenvalue weighted by atomic mass is 19.4. The van der Waals surface area contributed by atoms with E-state index in [-0.39, 0.29) is 11.9 Å². The minimum absolute atomic E-state index is 0.137. The number of carboxylic acid groups (broad SMARTS) is 1. The molecule has 41 heavy (non-hydrogen) atoms. The van der Waals surface area contributed by atoms with Crippen molar-refractivity contribution in [1.29, 1.82) is 0 Å². The Hall–Kier alpha value is -4.14. The maximum Gasteiger partial charge on any atom is 0.490 e. The fraction of sp³-hybridized carbons (Fsp3) is 0.423. The van der Waals surface area contributed by atoms with Crippen LogP contribution < -0.4 is 10.2 Å². The van der Waals surface area contributed by atoms with Gasteiger partial charge in [0.25, 0.3) is 5.91 Å². The zero-order chi connectivity index (χ0) is 30.5. The third kappa shape index (κ3) is 8.42. The van der Waals surface area contributed by atoms with E-state index in [0.717, 1.165) is 11.9 Å². The van der Waals surface area contributed by atoms with Gasteiger partial charge in [-0.2, -0.15) is 13.2 Å². The van der Waals surface area contributed by atoms with Gasteiger partial charge in [0.15, 0.2) is 11.6 Å². The third-order valence-corrected chi connectivity index (χ3v) is 5.91. The van der Waals surface area contributed by atoms with Crippen molar-refractivity contribution in [2.24, 2.45) is 0 Å². The van der Waals surface area contributed by atoms with Crippen LogP contribution in [0, 0.1) is 11.6 Å². The Balaban J connectivity index is 0.000000587. The standard InChI is InChI=1S/C24H29F2N7O.C2HF3O2/c1-15(2)28-22-23(30-21-13-27-20(12-19(21)29-22)24(34)31(3)4)33-9-7-32(8-10-33)14-16-5-6-17(25)11-18(16)26;3-2(4,5)1(6)7/h5-6,11-13,15H,7-10,14H2,1-4H3,(H,28,29);(H,6,7). The van der Waals surface area contributed by atoms with Crippen molar-refractivity contribution >= 4 is 34.5 Å². The Morgan fingerprint density at radius 2 is 1.68 bits per heavy atom. The predicted molar refractivity (Wildman–Crippen MR) is 142 cm³/mol. The van der Waals surface area contributed by atoms with Crippen molar-refractivity contribution < 1.29 is 36.6 Å². The summed E-state index contributed by atoms with van der Waals surface area (Å²) in [6.45, 7) is 7.24. The lowest BCUT2D eigenvalue weighted by Gasteiger charge is -2.36. The highest BCUT2D eigenvalue weighted by Gasteiger charge is 2.38. The van der Waals surface area contributed by atoms with Gasteiger partial charge in [0.2, 0.25) is 0 Å². The Kier molecular flexibility index (Phi) is 9.97. The summed E-state index contributed by atoms with van der Waals surface area (Å²) in [5.74, 6) is -2.67. The largest absolute Gasteiger partial charge is 0.490 e. The van der Waals surface area contributed by atoms with Crippen LogP contribution in [0.15, 0.2) is 30.5 Å². The molecule has 2 aromatic heterocycles. The van der Waals surface area contributed by atoms with Gasteiger partial charge in [-0.05, 0) is 26.0 Å². The van der Waals surface area contributed by atoms with E-state index in [1.807, 2.05) is 13.8 Å². The van der Waals surface area contributed by atoms with Gasteiger partial charge in [-0.3, -0.25) is 9.69 Å². The van der Waals surface area contributed by atoms with Crippen LogP contribution in [0.4, 0.5) is 33.6 Å². The molecule has 0 bridgehead atoms. The SMILES string of the molecule is CC(C)Nc1nc2cc(C(=O)N(C)C)ncc2nc1N1CCN(Cc2ccc(F)cc2F)CC1.O=C(O)C(F)(F)F. The number of aromatic nitrogens is 3. The molecule has 10 nitrogen and oxygen atoms in total. The zero-order valence-corrected chi connectivity index (χ0v) is 22.8. The molecular formula is C26H30F5N7O3. The predicted octanol–water partition coefficient (Wildman–Crippen LogP) is 3.78. The molecule has 1 aliphatic heterocycles. The van der Waals surface area contributed by atoms with Crippen LogP contribution in [-0.4, -0.2) is 94.2 Å². The summed E-state index contributed by atoms with van der Waals surface area (Å²) in [7, 11) is 3.36. The summed E-state index contributed by atoms with van der Waals surface area (Å²) in [5.41, 5.74) is 2.00. The van der Waals surface area contributed by atoms with E-state index in [9.17, 15) is 26.7 Å². The lowest BCUT2D eigenvalue weighted by Crippen LogP contribution is -2.46. The van der Waals surface area contributed by atoms with Crippen molar-refractivity contribution in [2.45, 2.75) is 32.6 Å². The lowest BCUT2D eigenvalue weighted by atomic mass is 10.1. The number of rotatable bonds is 6. The first-order valence-corrected chi connectivity index (χ1v) is 12.5. The summed E-state index contributed by atoms with van der Waals surface area (Å²) < 4.78 is 59.0. The van der Waals surface area contributed by atoms with Gasteiger partial charge in [-0.25, -0.2) is 28.5 Å². The number of hydrogen-bond donors (Lipinski definition) is 2. The normalized spacial score (nSPS) is 14.0. The van der Waals surface area contributed by atoms with Crippen molar-refractivity contribution in [3.63, 3.8) is 0 Å². The molecule has 222 valence electrons. The van der Waals surface area contributed by atoms with Gasteiger partial charge >= 0.3 is 12.1 Å². The molecule has 0 aliphatic carbocycles. The first-order valence-electron chi connectivity index (χ1n) is 12.5. The molecule has 0 saturated carbocycles. The Morgan fingerprint density at radius 3 is 2.22 bits per heavy atom. The fourth-order valence-corrected chi connectivity index (χ4v) is 3.90. The van der Waals surface area contributed by atoms with E-state index in [1.54, 1.807) is 26.4 Å². The molecule has 0 unspecified atom stereocenters. The minimum Gasteiger partial charge on any atom is -0.475 e. The average molecular weight is 584 g/mol. The molecule has 0 spiro atoms. The highest BCUT2D eigenvalue weighted by molar-refractivity contribution is 5.95. The number of anilines is 2. The second-order valence-electron chi connectivity index (χ2n) is 9.75. The highest BCUT2D eigenvalue weighted by Crippen LogP contribution is 2.27. The smallest absolute Gasteiger partial charge is 0.475 e. The lowest BCUT2D eigenvalue weighted by molar-refractivity contribution is -0.192. The molecule has 15 heteroatoms. The van der Waals surface area contributed by atoms with Gasteiger partial charge in [0, 0.05) is 64.5 Å². The average Bonchev–Trinajstić information content (AvgIpc) is 2.89. The number of amides is 1. The fourth-order valence-electron chi connectivity index (χ4n) is 3.90. The Bertz CT molecular complexity index is 1390. The topological polar surface area (TPSA) is 115 Å². The van der Waals surface area contributed by atoms with Gasteiger partial charge in [0.05, 0.1) is 11.7 Å². The summed E-state index contributed by atoms with van der Waals surface area (Å²) in [6, 6.07) is 5.51. The molecule has 3 heterocycles. The Morgan fingerprint density at radius 1 is 1.05 bits per heavy atom. The van der Waals surface area contributed by atoms with Gasteiger partial charge < -0.3 is 20.2 Å². The van der Waals surface area contributed by atoms with Crippen LogP contribution in [0.5, 0.6) is 0 Å². The summed E-state index contributed by atoms with van der Waals surface area (Å²) >= 11 is 0. The van der Waals surface area contributed by atoms with Crippen molar-refractivity contribution in [3.05, 3.63) is 53.4 Å². The minimum atomic E-state index is -5.08. The number of hydrogen-bond acceptors (Lipinski definition) is 8. The van der Waals surface area contributed by atoms with E-state index in [2.05, 4.69) is 20.1 Å². The van der Waals surface area contributed by atoms with Crippen LogP contribution in [0.2, 0.25) is 0 Å². The number of pyridine rings is 1. The number of benzene rings is 1. The Labute approximate surface area is 232 Å². The number of alkyl halides is 3. The molecular weight excluding hydrogens is 553 g/mol. The van der Waals surface area contributed by atoms with Gasteiger partial charge in [0.1, 0.15) is 22.8 Å². The number of nitrogens with one attached hydrogen (secondary N) is 1. The molecule has 1 fully saturated rings. The molecule has 1 aromatic carbocycles. The van der Waals surface area contributed by atoms with Gasteiger partial charge in [-0.1, -0.05) is 6.07 Å². The van der Waals surface area contributed by atoms with Crippen LogP contribution in [0.3, 0.4) is 0 Å². The molecule has 0 atom stereocenters. The quantitative estimate of drug-likeness (QED) is 0.419. The first kappa shape index (κ1) is 31.4. The number of aliphatic carboxylic acids is 1. The van der Waals surface area contributed by atoms with Crippen molar-refractivity contribution in [3.8, 4) is 0 Å². The summed E-state index contributed by atoms with van der Waals surface area (Å²) in [4.78, 5) is 40.8. The first-order chi connectivity index (χ1) is 19.1. The van der Waals surface area contributed by atoms with E-state index in [1.165, 1.54) is 17.0 Å². The van der Waals surface area contributed by atoms with Crippen LogP contribution >= 0.6 is 0 Å². The number of carbonyl (C=O) groups excluding carboxylic acids is 1. The second kappa shape index (κ2) is 13.0. The van der Waals surface area contributed by atoms with Gasteiger partial charge in [-0.15, -0.1) is 0 Å². The van der Waals surface area contributed by atoms with Crippen LogP contribution in [-0.2, 0) is 11.3 Å². The van der Waals surface area contributed by atoms with E-state index >= 15 is 0 Å². The maximum absolute atomic E-state index is 14.1. The zero-order valence-electron chi connectivity index (χ0n) is 22.8. The number of halogens is 5. The molecule has 1 saturated heterocycles. The molecule has 4 rings (SSSR count). The molecule has 0 radical (unpaired) electrons. The monoisotopic (exact) mass is 583 g/mol. The van der Waals surface area contributed by atoms with E-state index in [0.29, 0.717) is 60.8 Å². The third-order valence-electron chi connectivity index (χ3n) is 5.91. The molecule has 1 amide bonds. The van der Waals surface area contributed by atoms with Crippen molar-refractivity contribution in [2.75, 3.05) is 50.5 Å². The second-order valence-corrected chi connectivity index (χ2v) is 9.75. The number of carboxylic acids is 1. The number of carbonyl (C=O) groups is 2. The van der Waals surface area contributed by atoms with E-state index < -0.39 is 23.8 Å². The number of fused-ring (bicyclic) bond motifs is 1. The van der Waals surface area contributed by atoms with Crippen LogP contribution in [0.1, 0.15) is 29.9 Å². The molecule has 3 aromatic rings. The maximum atomic E-state index is 14.1. The van der Waals surface area contributed by atoms with Crippen molar-refractivity contribution in [1.82, 2.24) is 24.8 Å². The number of piperazine rings is 1. The number of nitrogens with zero attached hydrogens (tertiary/aromatic N) is 6.